The van der Waals surface area contributed by atoms with E-state index in [9.17, 15) is 46.6 Å². The number of anilines is 1. The number of non-ortho nitro benzene ring substituents is 1. The molecular formula is C15H10F6N6O4. The van der Waals surface area contributed by atoms with Crippen LogP contribution < -0.4 is 5.43 Å². The van der Waals surface area contributed by atoms with E-state index in [2.05, 4.69) is 10.5 Å². The van der Waals surface area contributed by atoms with Crippen LogP contribution in [0.1, 0.15) is 12.8 Å². The van der Waals surface area contributed by atoms with Gasteiger partial charge in [0.05, 0.1) is 28.1 Å². The summed E-state index contributed by atoms with van der Waals surface area (Å²) in [6.07, 6.45) is -13.0. The summed E-state index contributed by atoms with van der Waals surface area (Å²) in [5.74, 6) is -4.22. The van der Waals surface area contributed by atoms with Crippen molar-refractivity contribution in [3.05, 3.63) is 38.4 Å². The number of hydrogen-bond acceptors (Lipinski definition) is 8. The molecule has 0 unspecified atom stereocenters. The zero-order chi connectivity index (χ0) is 24.0. The van der Waals surface area contributed by atoms with Crippen LogP contribution in [-0.4, -0.2) is 28.4 Å². The van der Waals surface area contributed by atoms with Gasteiger partial charge in [-0.15, -0.1) is 0 Å². The Kier molecular flexibility index (Phi) is 7.48. The summed E-state index contributed by atoms with van der Waals surface area (Å²) in [4.78, 5) is 19.7. The Bertz CT molecular complexity index is 935. The van der Waals surface area contributed by atoms with E-state index in [4.69, 9.17) is 10.5 Å². The number of nitrogens with one attached hydrogen (secondary N) is 1. The van der Waals surface area contributed by atoms with Crippen LogP contribution in [0.15, 0.2) is 23.3 Å². The third-order valence-corrected chi connectivity index (χ3v) is 3.88. The highest BCUT2D eigenvalue weighted by atomic mass is 19.4. The second-order valence-corrected chi connectivity index (χ2v) is 5.89. The second kappa shape index (κ2) is 9.24. The van der Waals surface area contributed by atoms with Gasteiger partial charge in [-0.3, -0.25) is 25.7 Å². The molecule has 0 saturated carbocycles. The van der Waals surface area contributed by atoms with Crippen LogP contribution in [0.4, 0.5) is 43.4 Å². The number of alkyl halides is 6. The molecule has 1 rings (SSSR count). The molecule has 31 heavy (non-hydrogen) atoms. The first-order valence-electron chi connectivity index (χ1n) is 7.86. The summed E-state index contributed by atoms with van der Waals surface area (Å²) in [5.41, 5.74) is -3.16. The van der Waals surface area contributed by atoms with Gasteiger partial charge in [-0.05, 0) is 18.9 Å². The number of benzene rings is 1. The molecule has 0 spiro atoms. The highest BCUT2D eigenvalue weighted by molar-refractivity contribution is 5.67. The van der Waals surface area contributed by atoms with Crippen molar-refractivity contribution in [2.45, 2.75) is 25.2 Å². The van der Waals surface area contributed by atoms with Crippen molar-refractivity contribution in [1.29, 1.82) is 10.5 Å². The van der Waals surface area contributed by atoms with Gasteiger partial charge in [-0.2, -0.15) is 42.0 Å². The molecular weight excluding hydrogens is 442 g/mol. The lowest BCUT2D eigenvalue weighted by Crippen LogP contribution is -2.48. The molecule has 0 heterocycles. The first-order chi connectivity index (χ1) is 14.2. The van der Waals surface area contributed by atoms with Gasteiger partial charge >= 0.3 is 18.0 Å². The summed E-state index contributed by atoms with van der Waals surface area (Å²) < 4.78 is 77.5. The van der Waals surface area contributed by atoms with E-state index in [1.54, 1.807) is 0 Å². The molecule has 0 saturated heterocycles. The molecule has 0 aliphatic heterocycles. The molecule has 0 aromatic heterocycles. The Morgan fingerprint density at radius 3 is 2.03 bits per heavy atom. The Morgan fingerprint density at radius 1 is 1.06 bits per heavy atom. The maximum Gasteiger partial charge on any atom is 0.403 e. The van der Waals surface area contributed by atoms with Crippen LogP contribution >= 0.6 is 0 Å². The van der Waals surface area contributed by atoms with Gasteiger partial charge in [0, 0.05) is 12.3 Å². The van der Waals surface area contributed by atoms with Gasteiger partial charge in [0.1, 0.15) is 5.69 Å². The Labute approximate surface area is 168 Å². The molecule has 0 radical (unpaired) electrons. The van der Waals surface area contributed by atoms with Gasteiger partial charge in [0.2, 0.25) is 0 Å². The summed E-state index contributed by atoms with van der Waals surface area (Å²) >= 11 is 0. The van der Waals surface area contributed by atoms with Crippen LogP contribution in [0.2, 0.25) is 0 Å². The number of nitro groups is 2. The van der Waals surface area contributed by atoms with Crippen LogP contribution in [0, 0.1) is 54.2 Å². The topological polar surface area (TPSA) is 158 Å². The van der Waals surface area contributed by atoms with E-state index in [1.165, 1.54) is 0 Å². The predicted molar refractivity (Wildman–Crippen MR) is 90.4 cm³/mol. The van der Waals surface area contributed by atoms with Crippen molar-refractivity contribution < 1.29 is 36.2 Å². The smallest absolute Gasteiger partial charge is 0.272 e. The van der Waals surface area contributed by atoms with Crippen molar-refractivity contribution >= 4 is 23.3 Å². The predicted octanol–water partition coefficient (Wildman–Crippen LogP) is 4.46. The van der Waals surface area contributed by atoms with Crippen molar-refractivity contribution in [2.75, 3.05) is 5.43 Å². The summed E-state index contributed by atoms with van der Waals surface area (Å²) in [6.45, 7) is 0. The van der Waals surface area contributed by atoms with Crippen LogP contribution in [0.25, 0.3) is 0 Å². The van der Waals surface area contributed by atoms with Gasteiger partial charge in [-0.1, -0.05) is 0 Å². The molecule has 166 valence electrons. The average molecular weight is 452 g/mol. The first kappa shape index (κ1) is 25.1. The van der Waals surface area contributed by atoms with Crippen molar-refractivity contribution in [1.82, 2.24) is 0 Å². The van der Waals surface area contributed by atoms with E-state index in [1.807, 2.05) is 0 Å². The number of halogens is 6. The van der Waals surface area contributed by atoms with Gasteiger partial charge < -0.3 is 0 Å². The van der Waals surface area contributed by atoms with E-state index in [-0.39, 0.29) is 5.69 Å². The quantitative estimate of drug-likeness (QED) is 0.264. The van der Waals surface area contributed by atoms with E-state index >= 15 is 0 Å². The maximum absolute atomic E-state index is 12.9. The molecule has 0 atom stereocenters. The number of hydrazone groups is 1. The fraction of sp³-hybridized carbons (Fsp3) is 0.400. The number of rotatable bonds is 8. The van der Waals surface area contributed by atoms with E-state index in [0.717, 1.165) is 24.3 Å². The molecule has 10 nitrogen and oxygen atoms in total. The van der Waals surface area contributed by atoms with Crippen molar-refractivity contribution in [2.24, 2.45) is 16.4 Å². The number of nitriles is 2. The molecule has 16 heteroatoms. The van der Waals surface area contributed by atoms with E-state index < -0.39 is 57.7 Å². The largest absolute Gasteiger partial charge is 0.403 e. The zero-order valence-electron chi connectivity index (χ0n) is 14.9. The van der Waals surface area contributed by atoms with Crippen LogP contribution in [0.5, 0.6) is 0 Å². The maximum atomic E-state index is 12.9. The Hall–Kier alpha value is -3.95. The number of hydrogen-bond donors (Lipinski definition) is 1. The van der Waals surface area contributed by atoms with Gasteiger partial charge in [-0.25, -0.2) is 0 Å². The summed E-state index contributed by atoms with van der Waals surface area (Å²) in [6, 6.07) is 3.98. The van der Waals surface area contributed by atoms with Crippen molar-refractivity contribution in [3.8, 4) is 12.1 Å². The molecule has 0 amide bonds. The normalized spacial score (nSPS) is 12.4. The van der Waals surface area contributed by atoms with Crippen LogP contribution in [0.3, 0.4) is 0 Å². The van der Waals surface area contributed by atoms with Crippen molar-refractivity contribution in [3.63, 3.8) is 0 Å². The van der Waals surface area contributed by atoms with Gasteiger partial charge in [0.25, 0.3) is 5.69 Å². The minimum absolute atomic E-state index is 0.359. The molecule has 1 N–H and O–H groups in total. The molecule has 0 aliphatic carbocycles. The second-order valence-electron chi connectivity index (χ2n) is 5.89. The molecule has 0 bridgehead atoms. The number of nitro benzene ring substituents is 2. The summed E-state index contributed by atoms with van der Waals surface area (Å²) in [7, 11) is 0. The molecule has 0 aliphatic rings. The fourth-order valence-corrected chi connectivity index (χ4v) is 2.51. The highest BCUT2D eigenvalue weighted by Crippen LogP contribution is 2.51. The third kappa shape index (κ3) is 6.01. The third-order valence-electron chi connectivity index (χ3n) is 3.88. The minimum atomic E-state index is -5.92. The summed E-state index contributed by atoms with van der Waals surface area (Å²) in [5, 5.41) is 42.8. The fourth-order valence-electron chi connectivity index (χ4n) is 2.51. The monoisotopic (exact) mass is 452 g/mol. The molecule has 1 aromatic rings. The van der Waals surface area contributed by atoms with E-state index in [0.29, 0.717) is 12.3 Å². The van der Waals surface area contributed by atoms with Gasteiger partial charge in [0.15, 0.2) is 11.3 Å². The zero-order valence-corrected chi connectivity index (χ0v) is 14.9. The van der Waals surface area contributed by atoms with Crippen LogP contribution in [-0.2, 0) is 0 Å². The molecule has 0 fully saturated rings. The number of nitrogens with zero attached hydrogens (tertiary/aromatic N) is 5. The minimum Gasteiger partial charge on any atom is -0.272 e. The highest BCUT2D eigenvalue weighted by Gasteiger charge is 2.67. The SMILES string of the molecule is N#CC(C#N)(CC/C=N/Nc1ccc([N+](=O)[O-])cc1[N+](=O)[O-])C(C(F)(F)F)C(F)(F)F. The Morgan fingerprint density at radius 2 is 1.61 bits per heavy atom. The Balaban J connectivity index is 3.03. The molecule has 1 aromatic carbocycles. The lowest BCUT2D eigenvalue weighted by Gasteiger charge is -2.31. The average Bonchev–Trinajstić information content (AvgIpc) is 2.64. The lowest BCUT2D eigenvalue weighted by molar-refractivity contribution is -0.393. The first-order valence-corrected chi connectivity index (χ1v) is 7.86. The standard InChI is InChI=1S/C15H10F6N6O4/c16-14(17,18)12(15(19,20)21)13(7-22,8-23)4-1-5-24-25-10-3-2-9(26(28)29)6-11(10)27(30)31/h2-3,5-6,12,25H,1,4H2/b24-5+. The lowest BCUT2D eigenvalue weighted by atomic mass is 9.73.